The second kappa shape index (κ2) is 12.0. The van der Waals surface area contributed by atoms with Crippen LogP contribution in [0.4, 0.5) is 0 Å². The average molecular weight is 213 g/mol. The Bertz CT molecular complexity index is 112. The van der Waals surface area contributed by atoms with E-state index in [0.29, 0.717) is 0 Å². The summed E-state index contributed by atoms with van der Waals surface area (Å²) in [6.07, 6.45) is 11.4. The lowest BCUT2D eigenvalue weighted by Gasteiger charge is -2.11. The van der Waals surface area contributed by atoms with Crippen molar-refractivity contribution >= 4 is 0 Å². The van der Waals surface area contributed by atoms with Crippen LogP contribution < -0.4 is 5.32 Å². The smallest absolute Gasteiger partial charge is 0.00465 e. The zero-order chi connectivity index (χ0) is 11.4. The van der Waals surface area contributed by atoms with E-state index in [4.69, 9.17) is 0 Å². The predicted octanol–water partition coefficient (Wildman–Crippen LogP) is 4.37. The molecule has 0 aromatic carbocycles. The van der Waals surface area contributed by atoms with E-state index in [-0.39, 0.29) is 0 Å². The molecular formula is C14H31N. The van der Waals surface area contributed by atoms with Crippen LogP contribution in [-0.4, -0.2) is 13.1 Å². The monoisotopic (exact) mass is 213 g/mol. The molecule has 15 heavy (non-hydrogen) atoms. The van der Waals surface area contributed by atoms with Gasteiger partial charge in [0.15, 0.2) is 0 Å². The molecule has 0 bridgehead atoms. The van der Waals surface area contributed by atoms with E-state index >= 15 is 0 Å². The van der Waals surface area contributed by atoms with Crippen LogP contribution in [0.1, 0.15) is 72.1 Å². The molecule has 0 aliphatic carbocycles. The number of hydrogen-bond acceptors (Lipinski definition) is 1. The number of nitrogens with one attached hydrogen (secondary N) is 1. The predicted molar refractivity (Wildman–Crippen MR) is 70.3 cm³/mol. The van der Waals surface area contributed by atoms with Gasteiger partial charge in [0.05, 0.1) is 0 Å². The first-order chi connectivity index (χ1) is 7.31. The third-order valence-corrected chi connectivity index (χ3v) is 3.11. The molecule has 0 heterocycles. The maximum atomic E-state index is 3.40. The van der Waals surface area contributed by atoms with Gasteiger partial charge < -0.3 is 5.32 Å². The van der Waals surface area contributed by atoms with E-state index in [1.807, 2.05) is 0 Å². The van der Waals surface area contributed by atoms with Crippen LogP contribution >= 0.6 is 0 Å². The lowest BCUT2D eigenvalue weighted by Crippen LogP contribution is -2.16. The molecule has 0 rings (SSSR count). The van der Waals surface area contributed by atoms with Crippen LogP contribution in [-0.2, 0) is 0 Å². The maximum Gasteiger partial charge on any atom is -0.00465 e. The van der Waals surface area contributed by atoms with E-state index in [9.17, 15) is 0 Å². The quantitative estimate of drug-likeness (QED) is 0.502. The third-order valence-electron chi connectivity index (χ3n) is 3.11. The van der Waals surface area contributed by atoms with Crippen molar-refractivity contribution in [1.29, 1.82) is 0 Å². The van der Waals surface area contributed by atoms with Gasteiger partial charge in [0, 0.05) is 0 Å². The molecule has 0 amide bonds. The highest BCUT2D eigenvalue weighted by atomic mass is 14.8. The molecule has 1 atom stereocenters. The van der Waals surface area contributed by atoms with Gasteiger partial charge >= 0.3 is 0 Å². The normalized spacial score (nSPS) is 13.0. The summed E-state index contributed by atoms with van der Waals surface area (Å²) >= 11 is 0. The molecule has 0 radical (unpaired) electrons. The minimum atomic E-state index is 0.912. The van der Waals surface area contributed by atoms with E-state index in [2.05, 4.69) is 26.1 Å². The Morgan fingerprint density at radius 2 is 1.53 bits per heavy atom. The Hall–Kier alpha value is -0.0400. The highest BCUT2D eigenvalue weighted by Gasteiger charge is 2.00. The Balaban J connectivity index is 3.06. The van der Waals surface area contributed by atoms with Crippen molar-refractivity contribution in [3.8, 4) is 0 Å². The van der Waals surface area contributed by atoms with Crippen molar-refractivity contribution in [2.75, 3.05) is 13.1 Å². The van der Waals surface area contributed by atoms with Gasteiger partial charge in [-0.15, -0.1) is 0 Å². The fourth-order valence-electron chi connectivity index (χ4n) is 1.94. The van der Waals surface area contributed by atoms with Crippen LogP contribution in [0, 0.1) is 5.92 Å². The molecule has 0 aromatic rings. The highest BCUT2D eigenvalue weighted by molar-refractivity contribution is 4.56. The van der Waals surface area contributed by atoms with Crippen LogP contribution in [0.15, 0.2) is 0 Å². The van der Waals surface area contributed by atoms with Gasteiger partial charge in [-0.2, -0.15) is 0 Å². The Labute approximate surface area is 97.0 Å². The van der Waals surface area contributed by atoms with E-state index < -0.39 is 0 Å². The fourth-order valence-corrected chi connectivity index (χ4v) is 1.94. The highest BCUT2D eigenvalue weighted by Crippen LogP contribution is 2.14. The van der Waals surface area contributed by atoms with E-state index in [1.54, 1.807) is 0 Å². The second-order valence-corrected chi connectivity index (χ2v) is 4.80. The standard InChI is InChI=1S/C14H31N/c1-4-6-7-8-9-10-11-14(3)12-13-15-5-2/h14-15H,4-13H2,1-3H3. The molecule has 0 aromatic heterocycles. The first-order valence-corrected chi connectivity index (χ1v) is 7.02. The van der Waals surface area contributed by atoms with Crippen LogP contribution in [0.25, 0.3) is 0 Å². The van der Waals surface area contributed by atoms with Crippen molar-refractivity contribution in [1.82, 2.24) is 5.32 Å². The van der Waals surface area contributed by atoms with Crippen molar-refractivity contribution < 1.29 is 0 Å². The van der Waals surface area contributed by atoms with Gasteiger partial charge in [0.1, 0.15) is 0 Å². The topological polar surface area (TPSA) is 12.0 Å². The summed E-state index contributed by atoms with van der Waals surface area (Å²) in [5.41, 5.74) is 0. The summed E-state index contributed by atoms with van der Waals surface area (Å²) in [6.45, 7) is 9.17. The van der Waals surface area contributed by atoms with Gasteiger partial charge in [-0.05, 0) is 25.4 Å². The first-order valence-electron chi connectivity index (χ1n) is 7.02. The zero-order valence-electron chi connectivity index (χ0n) is 11.1. The largest absolute Gasteiger partial charge is 0.317 e. The van der Waals surface area contributed by atoms with Crippen LogP contribution in [0.5, 0.6) is 0 Å². The van der Waals surface area contributed by atoms with E-state index in [1.165, 1.54) is 57.9 Å². The van der Waals surface area contributed by atoms with Crippen molar-refractivity contribution in [2.45, 2.75) is 72.1 Å². The minimum absolute atomic E-state index is 0.912. The summed E-state index contributed by atoms with van der Waals surface area (Å²) in [7, 11) is 0. The van der Waals surface area contributed by atoms with Crippen LogP contribution in [0.3, 0.4) is 0 Å². The first kappa shape index (κ1) is 15.0. The third kappa shape index (κ3) is 11.9. The van der Waals surface area contributed by atoms with Gasteiger partial charge in [0.2, 0.25) is 0 Å². The summed E-state index contributed by atoms with van der Waals surface area (Å²) < 4.78 is 0. The number of hydrogen-bond donors (Lipinski definition) is 1. The second-order valence-electron chi connectivity index (χ2n) is 4.80. The van der Waals surface area contributed by atoms with Crippen molar-refractivity contribution in [3.05, 3.63) is 0 Å². The summed E-state index contributed by atoms with van der Waals surface area (Å²) in [5.74, 6) is 0.912. The van der Waals surface area contributed by atoms with E-state index in [0.717, 1.165) is 12.5 Å². The molecule has 1 unspecified atom stereocenters. The molecule has 1 N–H and O–H groups in total. The molecule has 1 heteroatoms. The van der Waals surface area contributed by atoms with Crippen molar-refractivity contribution in [3.63, 3.8) is 0 Å². The van der Waals surface area contributed by atoms with Crippen molar-refractivity contribution in [2.24, 2.45) is 5.92 Å². The lowest BCUT2D eigenvalue weighted by atomic mass is 9.99. The molecule has 0 aliphatic rings. The van der Waals surface area contributed by atoms with Gasteiger partial charge in [0.25, 0.3) is 0 Å². The zero-order valence-corrected chi connectivity index (χ0v) is 11.1. The molecule has 0 saturated heterocycles. The summed E-state index contributed by atoms with van der Waals surface area (Å²) in [6, 6.07) is 0. The number of rotatable bonds is 11. The summed E-state index contributed by atoms with van der Waals surface area (Å²) in [5, 5.41) is 3.40. The van der Waals surface area contributed by atoms with Gasteiger partial charge in [-0.3, -0.25) is 0 Å². The SMILES string of the molecule is CCCCCCCCC(C)CCNCC. The molecule has 92 valence electrons. The molecule has 0 spiro atoms. The van der Waals surface area contributed by atoms with Gasteiger partial charge in [-0.25, -0.2) is 0 Å². The number of unbranched alkanes of at least 4 members (excludes halogenated alkanes) is 5. The molecule has 0 fully saturated rings. The molecule has 0 aliphatic heterocycles. The minimum Gasteiger partial charge on any atom is -0.317 e. The molecule has 0 saturated carbocycles. The van der Waals surface area contributed by atoms with Gasteiger partial charge in [-0.1, -0.05) is 65.7 Å². The Morgan fingerprint density at radius 1 is 0.867 bits per heavy atom. The van der Waals surface area contributed by atoms with Crippen LogP contribution in [0.2, 0.25) is 0 Å². The molecular weight excluding hydrogens is 182 g/mol. The molecule has 1 nitrogen and oxygen atoms in total. The Morgan fingerprint density at radius 3 is 2.20 bits per heavy atom. The fraction of sp³-hybridized carbons (Fsp3) is 1.00. The maximum absolute atomic E-state index is 3.40. The average Bonchev–Trinajstić information content (AvgIpc) is 2.23. The Kier molecular flexibility index (Phi) is 12.0. The summed E-state index contributed by atoms with van der Waals surface area (Å²) in [4.78, 5) is 0. The lowest BCUT2D eigenvalue weighted by molar-refractivity contribution is 0.444.